The number of aromatic nitrogens is 2. The van der Waals surface area contributed by atoms with Gasteiger partial charge in [-0.3, -0.25) is 14.3 Å². The number of nitrogens with zero attached hydrogens (tertiary/aromatic N) is 3. The Morgan fingerprint density at radius 1 is 0.975 bits per heavy atom. The minimum absolute atomic E-state index is 0.117. The van der Waals surface area contributed by atoms with Crippen LogP contribution < -0.4 is 10.5 Å². The predicted molar refractivity (Wildman–Crippen MR) is 127 cm³/mol. The van der Waals surface area contributed by atoms with Crippen molar-refractivity contribution in [3.63, 3.8) is 0 Å². The van der Waals surface area contributed by atoms with Gasteiger partial charge in [0.2, 0.25) is 12.2 Å². The van der Waals surface area contributed by atoms with Crippen molar-refractivity contribution >= 4 is 33.5 Å². The summed E-state index contributed by atoms with van der Waals surface area (Å²) in [6, 6.07) is 0.0652. The van der Waals surface area contributed by atoms with Crippen LogP contribution in [0.2, 0.25) is 0 Å². The highest BCUT2D eigenvalue weighted by atomic mass is 79.9. The first kappa shape index (κ1) is 33.4. The average molecular weight is 656 g/mol. The summed E-state index contributed by atoms with van der Waals surface area (Å²) in [5, 5.41) is 0. The number of ether oxygens (including phenoxy) is 2. The molecule has 0 aliphatic carbocycles. The standard InChI is InChI=1S/C23H23BrF9N3O4/c1-5-39-18(19(38)40-6-2)36(14-8-12(21(25,26)27)7-13(17(14)24)22(28,29)30)20-34-15(23(31,32)33)9-16(37)35(20)10-11(3)4/h7-9,11,18H,5-6,10H2,1-4H3. The van der Waals surface area contributed by atoms with Crippen molar-refractivity contribution in [2.24, 2.45) is 5.92 Å². The lowest BCUT2D eigenvalue weighted by Crippen LogP contribution is -2.45. The van der Waals surface area contributed by atoms with Gasteiger partial charge in [0.25, 0.3) is 5.56 Å². The van der Waals surface area contributed by atoms with Gasteiger partial charge >= 0.3 is 24.5 Å². The maximum atomic E-state index is 13.9. The van der Waals surface area contributed by atoms with E-state index in [0.717, 1.165) is 0 Å². The SMILES string of the molecule is CCOC(=O)C(OCC)N(c1cc(C(F)(F)F)cc(C(F)(F)F)c1Br)c1nc(C(F)(F)F)cc(=O)n1CC(C)C. The lowest BCUT2D eigenvalue weighted by Gasteiger charge is -2.34. The molecule has 0 saturated heterocycles. The van der Waals surface area contributed by atoms with E-state index in [0.29, 0.717) is 4.57 Å². The summed E-state index contributed by atoms with van der Waals surface area (Å²) in [6.45, 7) is 4.55. The number of carbonyl (C=O) groups is 1. The van der Waals surface area contributed by atoms with Crippen LogP contribution in [0, 0.1) is 5.92 Å². The maximum Gasteiger partial charge on any atom is 0.433 e. The first-order valence-electron chi connectivity index (χ1n) is 11.5. The molecule has 0 fully saturated rings. The number of carbonyl (C=O) groups excluding carboxylic acids is 1. The van der Waals surface area contributed by atoms with Crippen LogP contribution in [0.5, 0.6) is 0 Å². The Kier molecular flexibility index (Phi) is 10.3. The number of anilines is 2. The third-order valence-electron chi connectivity index (χ3n) is 5.03. The van der Waals surface area contributed by atoms with E-state index in [1.54, 1.807) is 0 Å². The molecule has 17 heteroatoms. The van der Waals surface area contributed by atoms with Gasteiger partial charge in [0.1, 0.15) is 0 Å². The van der Waals surface area contributed by atoms with Crippen molar-refractivity contribution in [2.75, 3.05) is 18.1 Å². The maximum absolute atomic E-state index is 13.9. The van der Waals surface area contributed by atoms with Crippen LogP contribution >= 0.6 is 15.9 Å². The topological polar surface area (TPSA) is 73.7 Å². The van der Waals surface area contributed by atoms with E-state index >= 15 is 0 Å². The number of hydrogen-bond acceptors (Lipinski definition) is 6. The van der Waals surface area contributed by atoms with E-state index < -0.39 is 81.7 Å². The van der Waals surface area contributed by atoms with Gasteiger partial charge in [-0.05, 0) is 47.8 Å². The van der Waals surface area contributed by atoms with Crippen molar-refractivity contribution in [2.45, 2.75) is 59.0 Å². The second-order valence-electron chi connectivity index (χ2n) is 8.56. The van der Waals surface area contributed by atoms with Crippen molar-refractivity contribution in [1.29, 1.82) is 0 Å². The van der Waals surface area contributed by atoms with Crippen molar-refractivity contribution in [1.82, 2.24) is 9.55 Å². The van der Waals surface area contributed by atoms with Gasteiger partial charge in [0.05, 0.1) is 27.9 Å². The van der Waals surface area contributed by atoms with Crippen molar-refractivity contribution in [3.05, 3.63) is 49.8 Å². The molecule has 0 aliphatic heterocycles. The Bertz CT molecular complexity index is 1270. The minimum atomic E-state index is -5.40. The molecule has 1 aromatic carbocycles. The first-order valence-corrected chi connectivity index (χ1v) is 12.3. The highest BCUT2D eigenvalue weighted by molar-refractivity contribution is 9.10. The number of hydrogen-bond donors (Lipinski definition) is 0. The highest BCUT2D eigenvalue weighted by Gasteiger charge is 2.43. The van der Waals surface area contributed by atoms with E-state index in [4.69, 9.17) is 9.47 Å². The van der Waals surface area contributed by atoms with Gasteiger partial charge in [0.15, 0.2) is 5.69 Å². The lowest BCUT2D eigenvalue weighted by molar-refractivity contribution is -0.155. The Morgan fingerprint density at radius 3 is 2.02 bits per heavy atom. The molecular weight excluding hydrogens is 633 g/mol. The normalized spacial score (nSPS) is 13.5. The summed E-state index contributed by atoms with van der Waals surface area (Å²) in [5.74, 6) is -2.97. The Hall–Kier alpha value is -2.82. The number of esters is 1. The predicted octanol–water partition coefficient (Wildman–Crippen LogP) is 6.78. The van der Waals surface area contributed by atoms with Crippen LogP contribution in [0.25, 0.3) is 0 Å². The molecule has 0 N–H and O–H groups in total. The second-order valence-corrected chi connectivity index (χ2v) is 9.36. The number of benzene rings is 1. The largest absolute Gasteiger partial charge is 0.463 e. The molecule has 2 rings (SSSR count). The molecule has 0 aliphatic rings. The van der Waals surface area contributed by atoms with E-state index in [1.807, 2.05) is 0 Å². The number of alkyl halides is 9. The zero-order chi connectivity index (χ0) is 30.8. The average Bonchev–Trinajstić information content (AvgIpc) is 2.79. The van der Waals surface area contributed by atoms with Gasteiger partial charge in [-0.15, -0.1) is 0 Å². The van der Waals surface area contributed by atoms with Crippen LogP contribution in [0.4, 0.5) is 51.1 Å². The van der Waals surface area contributed by atoms with Gasteiger partial charge in [-0.25, -0.2) is 9.78 Å². The molecule has 1 aromatic heterocycles. The quantitative estimate of drug-likeness (QED) is 0.168. The van der Waals surface area contributed by atoms with Gasteiger partial charge in [0, 0.05) is 19.2 Å². The summed E-state index contributed by atoms with van der Waals surface area (Å²) in [7, 11) is 0. The van der Waals surface area contributed by atoms with Crippen molar-refractivity contribution in [3.8, 4) is 0 Å². The number of halogens is 10. The molecular formula is C23H23BrF9N3O4. The smallest absolute Gasteiger partial charge is 0.433 e. The Morgan fingerprint density at radius 2 is 1.57 bits per heavy atom. The van der Waals surface area contributed by atoms with E-state index in [9.17, 15) is 49.1 Å². The zero-order valence-electron chi connectivity index (χ0n) is 21.3. The van der Waals surface area contributed by atoms with Gasteiger partial charge < -0.3 is 9.47 Å². The molecule has 1 heterocycles. The lowest BCUT2D eigenvalue weighted by atomic mass is 10.1. The fourth-order valence-electron chi connectivity index (χ4n) is 3.47. The molecule has 224 valence electrons. The third-order valence-corrected chi connectivity index (χ3v) is 5.87. The molecule has 2 aromatic rings. The molecule has 7 nitrogen and oxygen atoms in total. The van der Waals surface area contributed by atoms with Gasteiger partial charge in [-0.2, -0.15) is 39.5 Å². The summed E-state index contributed by atoms with van der Waals surface area (Å²) in [5.41, 5.74) is -7.99. The van der Waals surface area contributed by atoms with Crippen LogP contribution in [0.3, 0.4) is 0 Å². The molecule has 0 spiro atoms. The van der Waals surface area contributed by atoms with E-state index in [-0.39, 0.29) is 36.3 Å². The molecule has 1 unspecified atom stereocenters. The van der Waals surface area contributed by atoms with Crippen molar-refractivity contribution < 1.29 is 53.8 Å². The fraction of sp³-hybridized carbons (Fsp3) is 0.522. The first-order chi connectivity index (χ1) is 18.2. The molecule has 0 saturated carbocycles. The molecule has 40 heavy (non-hydrogen) atoms. The summed E-state index contributed by atoms with van der Waals surface area (Å²) < 4.78 is 134. The van der Waals surface area contributed by atoms with E-state index in [2.05, 4.69) is 20.9 Å². The van der Waals surface area contributed by atoms with E-state index in [1.165, 1.54) is 27.7 Å². The monoisotopic (exact) mass is 655 g/mol. The Labute approximate surface area is 230 Å². The Balaban J connectivity index is 3.21. The highest BCUT2D eigenvalue weighted by Crippen LogP contribution is 2.46. The fourth-order valence-corrected chi connectivity index (χ4v) is 4.12. The van der Waals surface area contributed by atoms with Gasteiger partial charge in [-0.1, -0.05) is 13.8 Å². The summed E-state index contributed by atoms with van der Waals surface area (Å²) in [6.07, 6.45) is -18.3. The molecule has 1 atom stereocenters. The summed E-state index contributed by atoms with van der Waals surface area (Å²) in [4.78, 5) is 29.4. The molecule has 0 radical (unpaired) electrons. The van der Waals surface area contributed by atoms with Crippen LogP contribution in [-0.2, 0) is 39.3 Å². The number of rotatable bonds is 9. The van der Waals surface area contributed by atoms with Crippen LogP contribution in [0.1, 0.15) is 44.5 Å². The van der Waals surface area contributed by atoms with Crippen LogP contribution in [-0.4, -0.2) is 35.0 Å². The molecule has 0 bridgehead atoms. The minimum Gasteiger partial charge on any atom is -0.463 e. The van der Waals surface area contributed by atoms with Crippen LogP contribution in [0.15, 0.2) is 27.5 Å². The third kappa shape index (κ3) is 7.67. The second kappa shape index (κ2) is 12.4. The zero-order valence-corrected chi connectivity index (χ0v) is 22.8. The molecule has 0 amide bonds. The summed E-state index contributed by atoms with van der Waals surface area (Å²) >= 11 is 2.60.